The summed E-state index contributed by atoms with van der Waals surface area (Å²) in [5, 5.41) is 7.88. The van der Waals surface area contributed by atoms with Crippen LogP contribution in [0.25, 0.3) is 0 Å². The Balaban J connectivity index is 2.40. The largest absolute Gasteiger partial charge is 0.434 e. The van der Waals surface area contributed by atoms with Gasteiger partial charge in [-0.05, 0) is 37.6 Å². The lowest BCUT2D eigenvalue weighted by Gasteiger charge is -2.10. The summed E-state index contributed by atoms with van der Waals surface area (Å²) >= 11 is 9.09. The first kappa shape index (κ1) is 13.2. The van der Waals surface area contributed by atoms with E-state index < -0.39 is 5.82 Å². The van der Waals surface area contributed by atoms with Gasteiger partial charge in [-0.3, -0.25) is 0 Å². The van der Waals surface area contributed by atoms with Gasteiger partial charge in [0.05, 0.1) is 0 Å². The lowest BCUT2D eigenvalue weighted by molar-refractivity contribution is 0.418. The van der Waals surface area contributed by atoms with Crippen LogP contribution in [-0.2, 0) is 0 Å². The molecule has 94 valence electrons. The van der Waals surface area contributed by atoms with Crippen LogP contribution >= 0.6 is 27.5 Å². The molecule has 0 bridgehead atoms. The van der Waals surface area contributed by atoms with Gasteiger partial charge in [-0.15, -0.1) is 10.2 Å². The third kappa shape index (κ3) is 2.62. The first-order valence-electron chi connectivity index (χ1n) is 5.11. The van der Waals surface area contributed by atoms with E-state index in [1.165, 1.54) is 12.1 Å². The van der Waals surface area contributed by atoms with Crippen molar-refractivity contribution in [3.8, 4) is 11.6 Å². The second-order valence-electron chi connectivity index (χ2n) is 3.72. The summed E-state index contributed by atoms with van der Waals surface area (Å²) in [5.74, 6) is -0.135. The lowest BCUT2D eigenvalue weighted by atomic mass is 10.2. The number of halogens is 3. The summed E-state index contributed by atoms with van der Waals surface area (Å²) in [5.41, 5.74) is 1.49. The number of aromatic nitrogens is 2. The van der Waals surface area contributed by atoms with Crippen molar-refractivity contribution in [1.82, 2.24) is 10.2 Å². The molecule has 0 atom stereocenters. The molecule has 0 fully saturated rings. The standard InChI is InChI=1S/C12H9BrClFN2O/c1-6-7(2)12(17-16-11(6)14)18-10-5-8(13)3-4-9(10)15/h3-5H,1-2H3. The highest BCUT2D eigenvalue weighted by Crippen LogP contribution is 2.30. The van der Waals surface area contributed by atoms with Crippen LogP contribution < -0.4 is 4.74 Å². The summed E-state index contributed by atoms with van der Waals surface area (Å²) in [4.78, 5) is 0. The Labute approximate surface area is 117 Å². The molecule has 0 saturated carbocycles. The van der Waals surface area contributed by atoms with Crippen LogP contribution in [0.5, 0.6) is 11.6 Å². The molecule has 0 radical (unpaired) electrons. The van der Waals surface area contributed by atoms with E-state index in [2.05, 4.69) is 26.1 Å². The number of rotatable bonds is 2. The van der Waals surface area contributed by atoms with Crippen LogP contribution in [0.3, 0.4) is 0 Å². The van der Waals surface area contributed by atoms with E-state index in [-0.39, 0.29) is 11.6 Å². The minimum absolute atomic E-state index is 0.0866. The molecule has 1 heterocycles. The van der Waals surface area contributed by atoms with E-state index in [1.807, 2.05) is 0 Å². The Morgan fingerprint density at radius 3 is 2.67 bits per heavy atom. The van der Waals surface area contributed by atoms with Crippen molar-refractivity contribution in [2.24, 2.45) is 0 Å². The maximum atomic E-state index is 13.5. The van der Waals surface area contributed by atoms with Crippen molar-refractivity contribution < 1.29 is 9.13 Å². The number of hydrogen-bond acceptors (Lipinski definition) is 3. The zero-order valence-corrected chi connectivity index (χ0v) is 12.0. The quantitative estimate of drug-likeness (QED) is 0.816. The van der Waals surface area contributed by atoms with Crippen molar-refractivity contribution >= 4 is 27.5 Å². The van der Waals surface area contributed by atoms with Crippen LogP contribution in [0.2, 0.25) is 5.15 Å². The Morgan fingerprint density at radius 2 is 1.94 bits per heavy atom. The Kier molecular flexibility index (Phi) is 3.82. The van der Waals surface area contributed by atoms with Crippen molar-refractivity contribution in [2.75, 3.05) is 0 Å². The highest BCUT2D eigenvalue weighted by atomic mass is 79.9. The second kappa shape index (κ2) is 5.20. The van der Waals surface area contributed by atoms with E-state index >= 15 is 0 Å². The molecule has 18 heavy (non-hydrogen) atoms. The molecule has 0 aliphatic heterocycles. The number of nitrogens with zero attached hydrogens (tertiary/aromatic N) is 2. The van der Waals surface area contributed by atoms with Crippen LogP contribution in [0.1, 0.15) is 11.1 Å². The first-order chi connectivity index (χ1) is 8.49. The van der Waals surface area contributed by atoms with Gasteiger partial charge in [-0.25, -0.2) is 4.39 Å². The summed E-state index contributed by atoms with van der Waals surface area (Å²) in [6, 6.07) is 4.43. The summed E-state index contributed by atoms with van der Waals surface area (Å²) in [6.07, 6.45) is 0. The number of hydrogen-bond donors (Lipinski definition) is 0. The zero-order valence-electron chi connectivity index (χ0n) is 9.67. The van der Waals surface area contributed by atoms with Crippen LogP contribution in [0.15, 0.2) is 22.7 Å². The first-order valence-corrected chi connectivity index (χ1v) is 6.28. The fraction of sp³-hybridized carbons (Fsp3) is 0.167. The van der Waals surface area contributed by atoms with Gasteiger partial charge < -0.3 is 4.74 Å². The van der Waals surface area contributed by atoms with Crippen LogP contribution in [0.4, 0.5) is 4.39 Å². The van der Waals surface area contributed by atoms with Gasteiger partial charge in [0, 0.05) is 10.0 Å². The average Bonchev–Trinajstić information content (AvgIpc) is 2.34. The van der Waals surface area contributed by atoms with Crippen molar-refractivity contribution in [2.45, 2.75) is 13.8 Å². The minimum Gasteiger partial charge on any atom is -0.434 e. The van der Waals surface area contributed by atoms with E-state index in [0.717, 1.165) is 15.6 Å². The Bertz CT molecular complexity index is 607. The van der Waals surface area contributed by atoms with Gasteiger partial charge in [0.25, 0.3) is 0 Å². The van der Waals surface area contributed by atoms with Gasteiger partial charge >= 0.3 is 0 Å². The highest BCUT2D eigenvalue weighted by molar-refractivity contribution is 9.10. The molecule has 2 aromatic rings. The fourth-order valence-electron chi connectivity index (χ4n) is 1.31. The number of benzene rings is 1. The molecule has 0 unspecified atom stereocenters. The normalized spacial score (nSPS) is 10.5. The molecule has 2 rings (SSSR count). The third-order valence-electron chi connectivity index (χ3n) is 2.52. The van der Waals surface area contributed by atoms with Crippen LogP contribution in [0, 0.1) is 19.7 Å². The van der Waals surface area contributed by atoms with E-state index in [1.54, 1.807) is 19.9 Å². The highest BCUT2D eigenvalue weighted by Gasteiger charge is 2.12. The molecule has 1 aromatic heterocycles. The molecule has 1 aromatic carbocycles. The smallest absolute Gasteiger partial charge is 0.242 e. The van der Waals surface area contributed by atoms with Gasteiger partial charge in [-0.2, -0.15) is 0 Å². The lowest BCUT2D eigenvalue weighted by Crippen LogP contribution is -1.98. The predicted molar refractivity (Wildman–Crippen MR) is 70.7 cm³/mol. The monoisotopic (exact) mass is 330 g/mol. The predicted octanol–water partition coefficient (Wildman–Crippen LogP) is 4.44. The third-order valence-corrected chi connectivity index (χ3v) is 3.37. The summed E-state index contributed by atoms with van der Waals surface area (Å²) in [6.45, 7) is 3.59. The zero-order chi connectivity index (χ0) is 13.3. The minimum atomic E-state index is -0.466. The molecule has 0 saturated heterocycles. The number of ether oxygens (including phenoxy) is 1. The molecule has 0 aliphatic rings. The molecule has 6 heteroatoms. The summed E-state index contributed by atoms with van der Waals surface area (Å²) in [7, 11) is 0. The molecule has 0 spiro atoms. The maximum absolute atomic E-state index is 13.5. The van der Waals surface area contributed by atoms with E-state index in [9.17, 15) is 4.39 Å². The topological polar surface area (TPSA) is 35.0 Å². The van der Waals surface area contributed by atoms with E-state index in [0.29, 0.717) is 5.15 Å². The SMILES string of the molecule is Cc1c(Cl)nnc(Oc2cc(Br)ccc2F)c1C. The van der Waals surface area contributed by atoms with Gasteiger partial charge in [0.2, 0.25) is 5.88 Å². The van der Waals surface area contributed by atoms with Crippen LogP contribution in [-0.4, -0.2) is 10.2 Å². The Morgan fingerprint density at radius 1 is 1.22 bits per heavy atom. The molecular weight excluding hydrogens is 323 g/mol. The Hall–Kier alpha value is -1.20. The van der Waals surface area contributed by atoms with Gasteiger partial charge in [0.1, 0.15) is 0 Å². The molecular formula is C12H9BrClFN2O. The van der Waals surface area contributed by atoms with Gasteiger partial charge in [0.15, 0.2) is 16.7 Å². The molecule has 3 nitrogen and oxygen atoms in total. The van der Waals surface area contributed by atoms with Gasteiger partial charge in [-0.1, -0.05) is 27.5 Å². The van der Waals surface area contributed by atoms with Crippen molar-refractivity contribution in [3.63, 3.8) is 0 Å². The fourth-order valence-corrected chi connectivity index (χ4v) is 1.83. The molecule has 0 amide bonds. The van der Waals surface area contributed by atoms with Crippen molar-refractivity contribution in [1.29, 1.82) is 0 Å². The molecule has 0 N–H and O–H groups in total. The second-order valence-corrected chi connectivity index (χ2v) is 5.00. The summed E-state index contributed by atoms with van der Waals surface area (Å²) < 4.78 is 19.7. The maximum Gasteiger partial charge on any atom is 0.242 e. The van der Waals surface area contributed by atoms with E-state index in [4.69, 9.17) is 16.3 Å². The average molecular weight is 332 g/mol. The molecule has 0 aliphatic carbocycles. The van der Waals surface area contributed by atoms with Crippen molar-refractivity contribution in [3.05, 3.63) is 44.8 Å².